The van der Waals surface area contributed by atoms with E-state index in [1.54, 1.807) is 17.8 Å². The van der Waals surface area contributed by atoms with Gasteiger partial charge in [0.1, 0.15) is 17.4 Å². The number of esters is 1. The second kappa shape index (κ2) is 8.41. The topological polar surface area (TPSA) is 64.6 Å². The number of nitrogens with one attached hydrogen (secondary N) is 1. The molecule has 1 heterocycles. The van der Waals surface area contributed by atoms with Crippen molar-refractivity contribution in [2.24, 2.45) is 0 Å². The SMILES string of the molecule is CSc1cccc(NC(=O)COC(=O)C2c3ccccc3Oc3ccccc32)c1. The quantitative estimate of drug-likeness (QED) is 0.487. The smallest absolute Gasteiger partial charge is 0.318 e. The first-order valence-corrected chi connectivity index (χ1v) is 10.3. The Kier molecular flexibility index (Phi) is 5.53. The third-order valence-corrected chi connectivity index (χ3v) is 5.34. The predicted molar refractivity (Wildman–Crippen MR) is 113 cm³/mol. The van der Waals surface area contributed by atoms with Crippen LogP contribution in [0.25, 0.3) is 0 Å². The third-order valence-electron chi connectivity index (χ3n) is 4.61. The summed E-state index contributed by atoms with van der Waals surface area (Å²) in [5.41, 5.74) is 2.12. The molecule has 0 unspecified atom stereocenters. The van der Waals surface area contributed by atoms with Crippen LogP contribution in [0.3, 0.4) is 0 Å². The maximum absolute atomic E-state index is 12.9. The molecule has 1 aliphatic heterocycles. The minimum absolute atomic E-state index is 0.357. The van der Waals surface area contributed by atoms with Gasteiger partial charge >= 0.3 is 5.97 Å². The van der Waals surface area contributed by atoms with E-state index in [0.717, 1.165) is 16.0 Å². The van der Waals surface area contributed by atoms with Crippen LogP contribution >= 0.6 is 11.8 Å². The lowest BCUT2D eigenvalue weighted by atomic mass is 9.88. The molecule has 5 nitrogen and oxygen atoms in total. The Morgan fingerprint density at radius 3 is 2.28 bits per heavy atom. The summed E-state index contributed by atoms with van der Waals surface area (Å²) in [4.78, 5) is 26.2. The van der Waals surface area contributed by atoms with Gasteiger partial charge in [-0.3, -0.25) is 9.59 Å². The summed E-state index contributed by atoms with van der Waals surface area (Å²) in [7, 11) is 0. The van der Waals surface area contributed by atoms with Crippen molar-refractivity contribution in [3.05, 3.63) is 83.9 Å². The lowest BCUT2D eigenvalue weighted by Crippen LogP contribution is -2.26. The van der Waals surface area contributed by atoms with Crippen LogP contribution in [-0.4, -0.2) is 24.7 Å². The highest BCUT2D eigenvalue weighted by Gasteiger charge is 2.33. The van der Waals surface area contributed by atoms with Crippen LogP contribution in [0.5, 0.6) is 11.5 Å². The molecule has 0 atom stereocenters. The molecular weight excluding hydrogens is 386 g/mol. The number of thioether (sulfide) groups is 1. The van der Waals surface area contributed by atoms with Gasteiger partial charge in [-0.25, -0.2) is 0 Å². The van der Waals surface area contributed by atoms with Gasteiger partial charge in [0.2, 0.25) is 0 Å². The number of amides is 1. The van der Waals surface area contributed by atoms with E-state index in [9.17, 15) is 9.59 Å². The Labute approximate surface area is 173 Å². The zero-order valence-corrected chi connectivity index (χ0v) is 16.6. The van der Waals surface area contributed by atoms with Crippen LogP contribution in [0.15, 0.2) is 77.7 Å². The molecule has 4 rings (SSSR count). The molecule has 0 aliphatic carbocycles. The lowest BCUT2D eigenvalue weighted by molar-refractivity contribution is -0.148. The standard InChI is InChI=1S/C23H19NO4S/c1-29-16-8-6-7-15(13-16)24-21(25)14-27-23(26)22-17-9-2-4-11-19(17)28-20-12-5-3-10-18(20)22/h2-13,22H,14H2,1H3,(H,24,25). The molecule has 0 aromatic heterocycles. The van der Waals surface area contributed by atoms with Crippen molar-refractivity contribution in [3.8, 4) is 11.5 Å². The second-order valence-corrected chi connectivity index (χ2v) is 7.38. The first kappa shape index (κ1) is 19.1. The number of fused-ring (bicyclic) bond motifs is 2. The van der Waals surface area contributed by atoms with Crippen LogP contribution in [0, 0.1) is 0 Å². The fourth-order valence-electron chi connectivity index (χ4n) is 3.28. The highest BCUT2D eigenvalue weighted by Crippen LogP contribution is 2.44. The first-order chi connectivity index (χ1) is 14.2. The molecule has 0 radical (unpaired) electrons. The zero-order chi connectivity index (χ0) is 20.2. The summed E-state index contributed by atoms with van der Waals surface area (Å²) in [6, 6.07) is 22.2. The largest absolute Gasteiger partial charge is 0.457 e. The summed E-state index contributed by atoms with van der Waals surface area (Å²) in [5.74, 6) is -0.270. The Morgan fingerprint density at radius 2 is 1.62 bits per heavy atom. The molecular formula is C23H19NO4S. The van der Waals surface area contributed by atoms with Crippen molar-refractivity contribution in [2.45, 2.75) is 10.8 Å². The number of para-hydroxylation sites is 2. The summed E-state index contributed by atoms with van der Waals surface area (Å²) in [5, 5.41) is 2.76. The van der Waals surface area contributed by atoms with Gasteiger partial charge in [0.25, 0.3) is 5.91 Å². The monoisotopic (exact) mass is 405 g/mol. The van der Waals surface area contributed by atoms with E-state index in [0.29, 0.717) is 17.2 Å². The van der Waals surface area contributed by atoms with E-state index in [2.05, 4.69) is 5.32 Å². The van der Waals surface area contributed by atoms with Crippen molar-refractivity contribution in [2.75, 3.05) is 18.2 Å². The average molecular weight is 405 g/mol. The number of carbonyl (C=O) groups is 2. The average Bonchev–Trinajstić information content (AvgIpc) is 2.76. The molecule has 1 N–H and O–H groups in total. The van der Waals surface area contributed by atoms with Gasteiger partial charge in [0, 0.05) is 21.7 Å². The molecule has 0 fully saturated rings. The first-order valence-electron chi connectivity index (χ1n) is 9.12. The van der Waals surface area contributed by atoms with Crippen molar-refractivity contribution in [3.63, 3.8) is 0 Å². The van der Waals surface area contributed by atoms with Gasteiger partial charge in [-0.2, -0.15) is 0 Å². The summed E-state index contributed by atoms with van der Waals surface area (Å²) in [6.45, 7) is -0.357. The van der Waals surface area contributed by atoms with Gasteiger partial charge in [-0.1, -0.05) is 42.5 Å². The Bertz CT molecular complexity index is 1020. The molecule has 0 saturated carbocycles. The van der Waals surface area contributed by atoms with E-state index in [4.69, 9.17) is 9.47 Å². The summed E-state index contributed by atoms with van der Waals surface area (Å²) in [6.07, 6.45) is 1.96. The van der Waals surface area contributed by atoms with Gasteiger partial charge in [-0.05, 0) is 36.6 Å². The predicted octanol–water partition coefficient (Wildman–Crippen LogP) is 4.83. The van der Waals surface area contributed by atoms with Crippen LogP contribution < -0.4 is 10.1 Å². The Balaban J connectivity index is 1.48. The molecule has 6 heteroatoms. The van der Waals surface area contributed by atoms with Gasteiger partial charge in [-0.15, -0.1) is 11.8 Å². The summed E-state index contributed by atoms with van der Waals surface area (Å²) >= 11 is 1.59. The van der Waals surface area contributed by atoms with E-state index in [1.165, 1.54) is 0 Å². The van der Waals surface area contributed by atoms with Crippen LogP contribution in [-0.2, 0) is 14.3 Å². The molecule has 0 bridgehead atoms. The number of anilines is 1. The maximum Gasteiger partial charge on any atom is 0.318 e. The normalized spacial score (nSPS) is 12.3. The number of benzene rings is 3. The van der Waals surface area contributed by atoms with Gasteiger partial charge in [0.15, 0.2) is 6.61 Å². The van der Waals surface area contributed by atoms with Gasteiger partial charge in [0.05, 0.1) is 0 Å². The lowest BCUT2D eigenvalue weighted by Gasteiger charge is -2.26. The van der Waals surface area contributed by atoms with E-state index in [1.807, 2.05) is 73.0 Å². The van der Waals surface area contributed by atoms with Crippen molar-refractivity contribution in [1.29, 1.82) is 0 Å². The number of rotatable bonds is 5. The highest BCUT2D eigenvalue weighted by atomic mass is 32.2. The van der Waals surface area contributed by atoms with Crippen molar-refractivity contribution in [1.82, 2.24) is 0 Å². The van der Waals surface area contributed by atoms with Crippen LogP contribution in [0.2, 0.25) is 0 Å². The minimum Gasteiger partial charge on any atom is -0.457 e. The van der Waals surface area contributed by atoms with E-state index < -0.39 is 11.9 Å². The fourth-order valence-corrected chi connectivity index (χ4v) is 3.74. The second-order valence-electron chi connectivity index (χ2n) is 6.50. The minimum atomic E-state index is -0.635. The molecule has 1 aliphatic rings. The van der Waals surface area contributed by atoms with E-state index >= 15 is 0 Å². The third kappa shape index (κ3) is 4.12. The molecule has 146 valence electrons. The fraction of sp³-hybridized carbons (Fsp3) is 0.130. The molecule has 1 amide bonds. The Hall–Kier alpha value is -3.25. The molecule has 29 heavy (non-hydrogen) atoms. The number of carbonyl (C=O) groups excluding carboxylic acids is 2. The molecule has 3 aromatic carbocycles. The molecule has 0 saturated heterocycles. The van der Waals surface area contributed by atoms with Crippen molar-refractivity contribution >= 4 is 29.3 Å². The van der Waals surface area contributed by atoms with Crippen LogP contribution in [0.4, 0.5) is 5.69 Å². The highest BCUT2D eigenvalue weighted by molar-refractivity contribution is 7.98. The van der Waals surface area contributed by atoms with Crippen LogP contribution in [0.1, 0.15) is 17.0 Å². The van der Waals surface area contributed by atoms with Gasteiger partial charge < -0.3 is 14.8 Å². The maximum atomic E-state index is 12.9. The number of hydrogen-bond acceptors (Lipinski definition) is 5. The molecule has 0 spiro atoms. The van der Waals surface area contributed by atoms with Crippen molar-refractivity contribution < 1.29 is 19.1 Å². The number of ether oxygens (including phenoxy) is 2. The zero-order valence-electron chi connectivity index (χ0n) is 15.8. The number of hydrogen-bond donors (Lipinski definition) is 1. The summed E-state index contributed by atoms with van der Waals surface area (Å²) < 4.78 is 11.3. The Morgan fingerprint density at radius 1 is 0.966 bits per heavy atom. The van der Waals surface area contributed by atoms with E-state index in [-0.39, 0.29) is 12.5 Å². The molecule has 3 aromatic rings.